The van der Waals surface area contributed by atoms with Gasteiger partial charge in [0.1, 0.15) is 0 Å². The quantitative estimate of drug-likeness (QED) is 0.636. The first-order valence-corrected chi connectivity index (χ1v) is 7.18. The normalized spacial score (nSPS) is 11.1. The van der Waals surface area contributed by atoms with Crippen LogP contribution in [0.2, 0.25) is 5.02 Å². The summed E-state index contributed by atoms with van der Waals surface area (Å²) in [5.41, 5.74) is 3.72. The number of hydrogen-bond acceptors (Lipinski definition) is 2. The monoisotopic (exact) mass is 353 g/mol. The highest BCUT2D eigenvalue weighted by Crippen LogP contribution is 2.31. The van der Waals surface area contributed by atoms with Gasteiger partial charge in [0, 0.05) is 6.20 Å². The number of H-pyrrole nitrogens is 1. The summed E-state index contributed by atoms with van der Waals surface area (Å²) in [6.07, 6.45) is 1.77. The molecule has 2 aromatic heterocycles. The number of benzene rings is 1. The molecule has 0 saturated carbocycles. The van der Waals surface area contributed by atoms with Gasteiger partial charge < -0.3 is 4.98 Å². The second-order valence-corrected chi connectivity index (χ2v) is 5.75. The van der Waals surface area contributed by atoms with Gasteiger partial charge in [-0.1, -0.05) is 17.7 Å². The van der Waals surface area contributed by atoms with Crippen LogP contribution in [0.15, 0.2) is 34.9 Å². The zero-order valence-electron chi connectivity index (χ0n) is 9.95. The summed E-state index contributed by atoms with van der Waals surface area (Å²) < 4.78 is 3.28. The standard InChI is InChI=1S/C13H9BrClN3S/c1-7-5-6-16-12-11(7)17-13(19)18(12)9-4-2-3-8(15)10(9)14/h2-6H,1H3,(H,17,19). The number of pyridine rings is 1. The van der Waals surface area contributed by atoms with Gasteiger partial charge in [-0.25, -0.2) is 4.98 Å². The first-order valence-electron chi connectivity index (χ1n) is 5.60. The van der Waals surface area contributed by atoms with Crippen LogP contribution in [-0.2, 0) is 0 Å². The zero-order chi connectivity index (χ0) is 13.6. The van der Waals surface area contributed by atoms with Crippen molar-refractivity contribution in [2.24, 2.45) is 0 Å². The lowest BCUT2D eigenvalue weighted by atomic mass is 10.2. The molecule has 0 fully saturated rings. The minimum absolute atomic E-state index is 0.597. The van der Waals surface area contributed by atoms with E-state index >= 15 is 0 Å². The topological polar surface area (TPSA) is 33.6 Å². The van der Waals surface area contributed by atoms with Gasteiger partial charge in [0.2, 0.25) is 0 Å². The number of fused-ring (bicyclic) bond motifs is 1. The van der Waals surface area contributed by atoms with Crippen LogP contribution in [0.1, 0.15) is 5.56 Å². The number of aromatic nitrogens is 3. The summed E-state index contributed by atoms with van der Waals surface area (Å²) in [6.45, 7) is 2.02. The van der Waals surface area contributed by atoms with Gasteiger partial charge in [-0.3, -0.25) is 4.57 Å². The maximum atomic E-state index is 6.14. The summed E-state index contributed by atoms with van der Waals surface area (Å²) in [5.74, 6) is 0. The van der Waals surface area contributed by atoms with Crippen LogP contribution in [0, 0.1) is 11.7 Å². The van der Waals surface area contributed by atoms with Crippen LogP contribution in [0.5, 0.6) is 0 Å². The lowest BCUT2D eigenvalue weighted by Crippen LogP contribution is -1.97. The number of nitrogens with one attached hydrogen (secondary N) is 1. The molecule has 3 nitrogen and oxygen atoms in total. The van der Waals surface area contributed by atoms with Crippen molar-refractivity contribution >= 4 is 50.9 Å². The maximum Gasteiger partial charge on any atom is 0.184 e. The molecule has 96 valence electrons. The van der Waals surface area contributed by atoms with Crippen molar-refractivity contribution in [3.63, 3.8) is 0 Å². The molecule has 0 aliphatic carbocycles. The van der Waals surface area contributed by atoms with Crippen LogP contribution in [0.4, 0.5) is 0 Å². The zero-order valence-corrected chi connectivity index (χ0v) is 13.1. The fourth-order valence-corrected chi connectivity index (χ4v) is 2.91. The Kier molecular flexibility index (Phi) is 3.20. The predicted molar refractivity (Wildman–Crippen MR) is 83.7 cm³/mol. The van der Waals surface area contributed by atoms with Crippen molar-refractivity contribution in [1.82, 2.24) is 14.5 Å². The van der Waals surface area contributed by atoms with E-state index in [2.05, 4.69) is 25.9 Å². The van der Waals surface area contributed by atoms with Crippen molar-refractivity contribution in [2.75, 3.05) is 0 Å². The first kappa shape index (κ1) is 12.8. The van der Waals surface area contributed by atoms with Gasteiger partial charge in [0.05, 0.1) is 20.7 Å². The van der Waals surface area contributed by atoms with Gasteiger partial charge in [0.25, 0.3) is 0 Å². The van der Waals surface area contributed by atoms with Gasteiger partial charge in [-0.05, 0) is 58.8 Å². The summed E-state index contributed by atoms with van der Waals surface area (Å²) in [7, 11) is 0. The third kappa shape index (κ3) is 2.02. The fourth-order valence-electron chi connectivity index (χ4n) is 2.02. The van der Waals surface area contributed by atoms with E-state index in [-0.39, 0.29) is 0 Å². The average molecular weight is 355 g/mol. The lowest BCUT2D eigenvalue weighted by molar-refractivity contribution is 1.04. The van der Waals surface area contributed by atoms with E-state index in [0.29, 0.717) is 9.79 Å². The Morgan fingerprint density at radius 3 is 2.95 bits per heavy atom. The van der Waals surface area contributed by atoms with E-state index in [9.17, 15) is 0 Å². The fraction of sp³-hybridized carbons (Fsp3) is 0.0769. The van der Waals surface area contributed by atoms with E-state index in [0.717, 1.165) is 26.9 Å². The van der Waals surface area contributed by atoms with Crippen LogP contribution < -0.4 is 0 Å². The minimum Gasteiger partial charge on any atom is -0.329 e. The van der Waals surface area contributed by atoms with Crippen molar-refractivity contribution in [1.29, 1.82) is 0 Å². The Bertz CT molecular complexity index is 838. The molecule has 0 amide bonds. The molecule has 0 spiro atoms. The smallest absolute Gasteiger partial charge is 0.184 e. The van der Waals surface area contributed by atoms with Gasteiger partial charge in [-0.15, -0.1) is 0 Å². The summed E-state index contributed by atoms with van der Waals surface area (Å²) >= 11 is 15.0. The number of aryl methyl sites for hydroxylation is 1. The Hall–Kier alpha value is -1.17. The molecule has 1 N–H and O–H groups in total. The van der Waals surface area contributed by atoms with E-state index in [1.54, 1.807) is 6.20 Å². The van der Waals surface area contributed by atoms with Crippen molar-refractivity contribution in [3.05, 3.63) is 50.3 Å². The molecule has 0 bridgehead atoms. The molecule has 3 aromatic rings. The highest BCUT2D eigenvalue weighted by Gasteiger charge is 2.13. The lowest BCUT2D eigenvalue weighted by Gasteiger charge is -2.07. The number of rotatable bonds is 1. The van der Waals surface area contributed by atoms with E-state index in [1.165, 1.54) is 0 Å². The van der Waals surface area contributed by atoms with E-state index in [1.807, 2.05) is 35.8 Å². The molecule has 19 heavy (non-hydrogen) atoms. The van der Waals surface area contributed by atoms with Crippen molar-refractivity contribution in [2.45, 2.75) is 6.92 Å². The highest BCUT2D eigenvalue weighted by molar-refractivity contribution is 9.10. The Balaban J connectivity index is 2.44. The molecule has 0 aliphatic rings. The van der Waals surface area contributed by atoms with Gasteiger partial charge >= 0.3 is 0 Å². The molecule has 2 heterocycles. The maximum absolute atomic E-state index is 6.14. The van der Waals surface area contributed by atoms with Crippen molar-refractivity contribution < 1.29 is 0 Å². The molecule has 0 unspecified atom stereocenters. The van der Waals surface area contributed by atoms with Crippen LogP contribution in [-0.4, -0.2) is 14.5 Å². The molecule has 6 heteroatoms. The second-order valence-electron chi connectivity index (χ2n) is 4.16. The number of nitrogens with zero attached hydrogens (tertiary/aromatic N) is 2. The number of aromatic amines is 1. The van der Waals surface area contributed by atoms with Crippen LogP contribution >= 0.6 is 39.7 Å². The number of hydrogen-bond donors (Lipinski definition) is 1. The predicted octanol–water partition coefficient (Wildman–Crippen LogP) is 4.81. The summed E-state index contributed by atoms with van der Waals surface area (Å²) in [6, 6.07) is 7.61. The molecule has 1 aromatic carbocycles. The number of imidazole rings is 1. The first-order chi connectivity index (χ1) is 9.09. The Morgan fingerprint density at radius 2 is 2.16 bits per heavy atom. The van der Waals surface area contributed by atoms with Crippen molar-refractivity contribution in [3.8, 4) is 5.69 Å². The summed E-state index contributed by atoms with van der Waals surface area (Å²) in [5, 5.41) is 0.640. The molecule has 0 atom stereocenters. The Morgan fingerprint density at radius 1 is 1.37 bits per heavy atom. The Labute approximate surface area is 128 Å². The van der Waals surface area contributed by atoms with Gasteiger partial charge in [0.15, 0.2) is 10.4 Å². The van der Waals surface area contributed by atoms with Crippen LogP contribution in [0.25, 0.3) is 16.9 Å². The SMILES string of the molecule is Cc1ccnc2c1[nH]c(=S)n2-c1cccc(Cl)c1Br. The molecule has 0 saturated heterocycles. The second kappa shape index (κ2) is 4.74. The molecule has 0 aliphatic heterocycles. The third-order valence-electron chi connectivity index (χ3n) is 2.96. The molecule has 3 rings (SSSR count). The minimum atomic E-state index is 0.597. The molecular formula is C13H9BrClN3S. The van der Waals surface area contributed by atoms with E-state index in [4.69, 9.17) is 23.8 Å². The summed E-state index contributed by atoms with van der Waals surface area (Å²) in [4.78, 5) is 7.60. The number of halogens is 2. The largest absolute Gasteiger partial charge is 0.329 e. The molecular weight excluding hydrogens is 346 g/mol. The van der Waals surface area contributed by atoms with Gasteiger partial charge in [-0.2, -0.15) is 0 Å². The average Bonchev–Trinajstić information content (AvgIpc) is 2.71. The highest BCUT2D eigenvalue weighted by atomic mass is 79.9. The molecule has 0 radical (unpaired) electrons. The third-order valence-corrected chi connectivity index (χ3v) is 4.62. The van der Waals surface area contributed by atoms with Crippen LogP contribution in [0.3, 0.4) is 0 Å². The van der Waals surface area contributed by atoms with E-state index < -0.39 is 0 Å².